The summed E-state index contributed by atoms with van der Waals surface area (Å²) in [5.41, 5.74) is 1.04. The number of nitrogens with zero attached hydrogens (tertiary/aromatic N) is 1. The van der Waals surface area contributed by atoms with Crippen LogP contribution in [-0.4, -0.2) is 40.4 Å². The molecule has 0 atom stereocenters. The number of ether oxygens (including phenoxy) is 3. The van der Waals surface area contributed by atoms with E-state index in [2.05, 4.69) is 15.6 Å². The van der Waals surface area contributed by atoms with Crippen LogP contribution in [0.4, 0.5) is 0 Å². The highest BCUT2D eigenvalue weighted by atomic mass is 127. The maximum atomic E-state index is 5.38. The lowest BCUT2D eigenvalue weighted by Crippen LogP contribution is -2.41. The smallest absolute Gasteiger partial charge is 0.203 e. The summed E-state index contributed by atoms with van der Waals surface area (Å²) in [6.07, 6.45) is 5.01. The highest BCUT2D eigenvalue weighted by Crippen LogP contribution is 2.38. The molecule has 0 spiro atoms. The van der Waals surface area contributed by atoms with Crippen LogP contribution in [0.1, 0.15) is 31.2 Å². The summed E-state index contributed by atoms with van der Waals surface area (Å²) in [6.45, 7) is 0.628. The van der Waals surface area contributed by atoms with Crippen molar-refractivity contribution < 1.29 is 14.2 Å². The molecule has 2 rings (SSSR count). The average Bonchev–Trinajstić information content (AvgIpc) is 3.10. The summed E-state index contributed by atoms with van der Waals surface area (Å²) in [5, 5.41) is 6.81. The van der Waals surface area contributed by atoms with Gasteiger partial charge in [0.1, 0.15) is 0 Å². The van der Waals surface area contributed by atoms with Crippen LogP contribution >= 0.6 is 24.0 Å². The topological polar surface area (TPSA) is 64.1 Å². The molecule has 6 nitrogen and oxygen atoms in total. The van der Waals surface area contributed by atoms with E-state index in [1.165, 1.54) is 25.7 Å². The number of halogens is 1. The van der Waals surface area contributed by atoms with Gasteiger partial charge < -0.3 is 24.8 Å². The van der Waals surface area contributed by atoms with Gasteiger partial charge in [-0.3, -0.25) is 4.99 Å². The fourth-order valence-electron chi connectivity index (χ4n) is 2.88. The molecular weight excluding hydrogens is 421 g/mol. The Hall–Kier alpha value is -1.38. The van der Waals surface area contributed by atoms with E-state index in [1.54, 1.807) is 28.4 Å². The first-order valence-electron chi connectivity index (χ1n) is 7.97. The minimum Gasteiger partial charge on any atom is -0.493 e. The molecule has 0 amide bonds. The fourth-order valence-corrected chi connectivity index (χ4v) is 2.88. The van der Waals surface area contributed by atoms with Gasteiger partial charge in [-0.15, -0.1) is 24.0 Å². The van der Waals surface area contributed by atoms with Gasteiger partial charge in [0.05, 0.1) is 21.3 Å². The minimum atomic E-state index is 0. The molecule has 1 aromatic carbocycles. The van der Waals surface area contributed by atoms with Crippen LogP contribution < -0.4 is 24.8 Å². The Kier molecular flexibility index (Phi) is 9.02. The van der Waals surface area contributed by atoms with E-state index in [-0.39, 0.29) is 24.0 Å². The quantitative estimate of drug-likeness (QED) is 0.397. The van der Waals surface area contributed by atoms with Gasteiger partial charge in [0.25, 0.3) is 0 Å². The first kappa shape index (κ1) is 20.7. The lowest BCUT2D eigenvalue weighted by Gasteiger charge is -2.18. The second-order valence-electron chi connectivity index (χ2n) is 5.59. The average molecular weight is 449 g/mol. The largest absolute Gasteiger partial charge is 0.493 e. The molecule has 1 fully saturated rings. The molecule has 0 heterocycles. The number of nitrogens with one attached hydrogen (secondary N) is 2. The van der Waals surface area contributed by atoms with Gasteiger partial charge in [0.2, 0.25) is 5.75 Å². The summed E-state index contributed by atoms with van der Waals surface area (Å²) in [4.78, 5) is 4.29. The molecule has 0 bridgehead atoms. The van der Waals surface area contributed by atoms with Crippen molar-refractivity contribution in [2.75, 3.05) is 28.4 Å². The molecule has 2 N–H and O–H groups in total. The summed E-state index contributed by atoms with van der Waals surface area (Å²) >= 11 is 0. The Morgan fingerprint density at radius 1 is 1.08 bits per heavy atom. The summed E-state index contributed by atoms with van der Waals surface area (Å²) in [7, 11) is 6.63. The molecular formula is C17H28IN3O3. The van der Waals surface area contributed by atoms with Crippen molar-refractivity contribution in [3.63, 3.8) is 0 Å². The van der Waals surface area contributed by atoms with Gasteiger partial charge in [-0.05, 0) is 30.5 Å². The van der Waals surface area contributed by atoms with Crippen molar-refractivity contribution in [3.05, 3.63) is 17.7 Å². The van der Waals surface area contributed by atoms with E-state index in [9.17, 15) is 0 Å². The Bertz CT molecular complexity index is 521. The first-order valence-corrected chi connectivity index (χ1v) is 7.97. The molecule has 7 heteroatoms. The predicted molar refractivity (Wildman–Crippen MR) is 107 cm³/mol. The molecule has 1 aromatic rings. The van der Waals surface area contributed by atoms with Crippen LogP contribution in [0, 0.1) is 0 Å². The number of guanidine groups is 1. The van der Waals surface area contributed by atoms with E-state index in [0.717, 1.165) is 11.5 Å². The Labute approximate surface area is 161 Å². The zero-order valence-electron chi connectivity index (χ0n) is 14.8. The molecule has 0 radical (unpaired) electrons. The number of rotatable bonds is 6. The molecule has 1 saturated carbocycles. The lowest BCUT2D eigenvalue weighted by atomic mass is 10.2. The van der Waals surface area contributed by atoms with Crippen molar-refractivity contribution in [3.8, 4) is 17.2 Å². The summed E-state index contributed by atoms with van der Waals surface area (Å²) < 4.78 is 16.1. The second kappa shape index (κ2) is 10.5. The molecule has 136 valence electrons. The molecule has 0 unspecified atom stereocenters. The summed E-state index contributed by atoms with van der Waals surface area (Å²) in [5.74, 6) is 2.74. The van der Waals surface area contributed by atoms with Gasteiger partial charge in [0, 0.05) is 19.6 Å². The molecule has 1 aliphatic rings. The van der Waals surface area contributed by atoms with Crippen molar-refractivity contribution in [2.45, 2.75) is 38.3 Å². The highest BCUT2D eigenvalue weighted by Gasteiger charge is 2.16. The van der Waals surface area contributed by atoms with E-state index in [4.69, 9.17) is 14.2 Å². The third-order valence-electron chi connectivity index (χ3n) is 4.10. The zero-order valence-corrected chi connectivity index (χ0v) is 17.2. The van der Waals surface area contributed by atoms with E-state index >= 15 is 0 Å². The predicted octanol–water partition coefficient (Wildman–Crippen LogP) is 2.94. The molecule has 0 aromatic heterocycles. The lowest BCUT2D eigenvalue weighted by molar-refractivity contribution is 0.323. The highest BCUT2D eigenvalue weighted by molar-refractivity contribution is 14.0. The van der Waals surface area contributed by atoms with Crippen LogP contribution in [0.5, 0.6) is 17.2 Å². The Morgan fingerprint density at radius 3 is 2.12 bits per heavy atom. The number of aliphatic imine (C=N–C) groups is 1. The van der Waals surface area contributed by atoms with E-state index in [0.29, 0.717) is 29.8 Å². The molecule has 0 saturated heterocycles. The van der Waals surface area contributed by atoms with Gasteiger partial charge in [-0.2, -0.15) is 0 Å². The van der Waals surface area contributed by atoms with Gasteiger partial charge in [-0.1, -0.05) is 12.8 Å². The van der Waals surface area contributed by atoms with Crippen molar-refractivity contribution >= 4 is 29.9 Å². The second-order valence-corrected chi connectivity index (χ2v) is 5.59. The fraction of sp³-hybridized carbons (Fsp3) is 0.588. The minimum absolute atomic E-state index is 0. The summed E-state index contributed by atoms with van der Waals surface area (Å²) in [6, 6.07) is 4.41. The number of hydrogen-bond acceptors (Lipinski definition) is 4. The Morgan fingerprint density at radius 2 is 1.67 bits per heavy atom. The van der Waals surface area contributed by atoms with Crippen LogP contribution in [0.2, 0.25) is 0 Å². The standard InChI is InChI=1S/C17H27N3O3.HI/c1-18-17(20-13-7-5-6-8-13)19-11-12-9-14(21-2)16(23-4)15(10-12)22-3;/h9-10,13H,5-8,11H2,1-4H3,(H2,18,19,20);1H. The maximum absolute atomic E-state index is 5.38. The number of benzene rings is 1. The molecule has 0 aliphatic heterocycles. The normalized spacial score (nSPS) is 14.8. The number of methoxy groups -OCH3 is 3. The van der Waals surface area contributed by atoms with Gasteiger partial charge in [0.15, 0.2) is 17.5 Å². The number of hydrogen-bond donors (Lipinski definition) is 2. The van der Waals surface area contributed by atoms with Crippen LogP contribution in [0.15, 0.2) is 17.1 Å². The maximum Gasteiger partial charge on any atom is 0.203 e. The SMILES string of the molecule is CN=C(NCc1cc(OC)c(OC)c(OC)c1)NC1CCCC1.I. The first-order chi connectivity index (χ1) is 11.2. The third-order valence-corrected chi connectivity index (χ3v) is 4.10. The third kappa shape index (κ3) is 5.32. The zero-order chi connectivity index (χ0) is 16.7. The van der Waals surface area contributed by atoms with E-state index in [1.807, 2.05) is 12.1 Å². The van der Waals surface area contributed by atoms with Crippen LogP contribution in [-0.2, 0) is 6.54 Å². The van der Waals surface area contributed by atoms with Gasteiger partial charge >= 0.3 is 0 Å². The van der Waals surface area contributed by atoms with Crippen molar-refractivity contribution in [1.82, 2.24) is 10.6 Å². The van der Waals surface area contributed by atoms with E-state index < -0.39 is 0 Å². The van der Waals surface area contributed by atoms with Crippen molar-refractivity contribution in [2.24, 2.45) is 4.99 Å². The molecule has 24 heavy (non-hydrogen) atoms. The Balaban J connectivity index is 0.00000288. The van der Waals surface area contributed by atoms with Crippen molar-refractivity contribution in [1.29, 1.82) is 0 Å². The monoisotopic (exact) mass is 449 g/mol. The van der Waals surface area contributed by atoms with Crippen LogP contribution in [0.3, 0.4) is 0 Å². The van der Waals surface area contributed by atoms with Crippen LogP contribution in [0.25, 0.3) is 0 Å². The van der Waals surface area contributed by atoms with Gasteiger partial charge in [-0.25, -0.2) is 0 Å². The molecule has 1 aliphatic carbocycles.